The first kappa shape index (κ1) is 20.8. The van der Waals surface area contributed by atoms with Gasteiger partial charge in [0.2, 0.25) is 0 Å². The van der Waals surface area contributed by atoms with Gasteiger partial charge >= 0.3 is 0 Å². The average Bonchev–Trinajstić information content (AvgIpc) is 3.25. The van der Waals surface area contributed by atoms with Gasteiger partial charge in [0, 0.05) is 42.4 Å². The minimum Gasteiger partial charge on any atom is -0.376 e. The standard InChI is InChI=1S/C18H27BrN4O.HI/c1-2-20-18(21-12-17-4-3-11-24-17)22-15-9-10-23(13-15)16-7-5-14(19)6-8-16;/h5-8,15,17H,2-4,9-13H2,1H3,(H2,20,21,22);1H. The first-order valence-corrected chi connectivity index (χ1v) is 9.71. The molecule has 0 radical (unpaired) electrons. The number of hydrogen-bond acceptors (Lipinski definition) is 3. The van der Waals surface area contributed by atoms with E-state index in [0.717, 1.165) is 62.5 Å². The van der Waals surface area contributed by atoms with Gasteiger partial charge in [0.05, 0.1) is 12.6 Å². The molecule has 1 aromatic carbocycles. The maximum absolute atomic E-state index is 5.66. The molecular weight excluding hydrogens is 495 g/mol. The highest BCUT2D eigenvalue weighted by atomic mass is 127. The second kappa shape index (κ2) is 10.6. The van der Waals surface area contributed by atoms with Crippen molar-refractivity contribution in [2.75, 3.05) is 37.7 Å². The lowest BCUT2D eigenvalue weighted by atomic mass is 10.2. The molecule has 140 valence electrons. The molecular formula is C18H28BrIN4O. The number of benzene rings is 1. The van der Waals surface area contributed by atoms with E-state index in [2.05, 4.69) is 62.7 Å². The smallest absolute Gasteiger partial charge is 0.191 e. The van der Waals surface area contributed by atoms with Gasteiger partial charge in [-0.1, -0.05) is 15.9 Å². The Morgan fingerprint density at radius 1 is 1.32 bits per heavy atom. The van der Waals surface area contributed by atoms with Crippen molar-refractivity contribution < 1.29 is 4.74 Å². The third kappa shape index (κ3) is 6.29. The Bertz CT molecular complexity index is 549. The van der Waals surface area contributed by atoms with E-state index in [1.165, 1.54) is 5.69 Å². The van der Waals surface area contributed by atoms with Crippen molar-refractivity contribution in [3.8, 4) is 0 Å². The molecule has 0 aliphatic carbocycles. The first-order valence-electron chi connectivity index (χ1n) is 8.91. The van der Waals surface area contributed by atoms with Gasteiger partial charge in [-0.15, -0.1) is 24.0 Å². The molecule has 7 heteroatoms. The molecule has 2 N–H and O–H groups in total. The lowest BCUT2D eigenvalue weighted by Crippen LogP contribution is -2.45. The molecule has 2 atom stereocenters. The summed E-state index contributed by atoms with van der Waals surface area (Å²) in [6, 6.07) is 8.97. The Morgan fingerprint density at radius 2 is 2.12 bits per heavy atom. The fourth-order valence-electron chi connectivity index (χ4n) is 3.26. The van der Waals surface area contributed by atoms with Crippen molar-refractivity contribution in [3.63, 3.8) is 0 Å². The number of guanidine groups is 1. The number of nitrogens with one attached hydrogen (secondary N) is 2. The Balaban J connectivity index is 0.00000225. The summed E-state index contributed by atoms with van der Waals surface area (Å²) in [6.45, 7) is 6.69. The van der Waals surface area contributed by atoms with Crippen LogP contribution >= 0.6 is 39.9 Å². The van der Waals surface area contributed by atoms with Crippen LogP contribution in [0, 0.1) is 0 Å². The van der Waals surface area contributed by atoms with Crippen LogP contribution in [-0.2, 0) is 4.74 Å². The average molecular weight is 523 g/mol. The van der Waals surface area contributed by atoms with Crippen LogP contribution in [0.4, 0.5) is 5.69 Å². The van der Waals surface area contributed by atoms with E-state index in [0.29, 0.717) is 12.1 Å². The molecule has 2 aliphatic rings. The van der Waals surface area contributed by atoms with Gasteiger partial charge in [0.25, 0.3) is 0 Å². The molecule has 0 bridgehead atoms. The molecule has 1 aromatic rings. The summed E-state index contributed by atoms with van der Waals surface area (Å²) < 4.78 is 6.78. The summed E-state index contributed by atoms with van der Waals surface area (Å²) in [6.07, 6.45) is 3.71. The Kier molecular flexibility index (Phi) is 8.78. The highest BCUT2D eigenvalue weighted by Gasteiger charge is 2.23. The molecule has 0 amide bonds. The van der Waals surface area contributed by atoms with Crippen LogP contribution in [0.25, 0.3) is 0 Å². The van der Waals surface area contributed by atoms with Crippen molar-refractivity contribution in [3.05, 3.63) is 28.7 Å². The van der Waals surface area contributed by atoms with Crippen LogP contribution in [0.15, 0.2) is 33.7 Å². The van der Waals surface area contributed by atoms with Crippen molar-refractivity contribution in [1.29, 1.82) is 0 Å². The molecule has 2 unspecified atom stereocenters. The van der Waals surface area contributed by atoms with E-state index in [-0.39, 0.29) is 24.0 Å². The predicted molar refractivity (Wildman–Crippen MR) is 118 cm³/mol. The van der Waals surface area contributed by atoms with Gasteiger partial charge in [0.15, 0.2) is 5.96 Å². The van der Waals surface area contributed by atoms with Crippen LogP contribution in [0.5, 0.6) is 0 Å². The summed E-state index contributed by atoms with van der Waals surface area (Å²) in [5.74, 6) is 0.913. The first-order chi connectivity index (χ1) is 11.7. The maximum Gasteiger partial charge on any atom is 0.191 e. The zero-order valence-corrected chi connectivity index (χ0v) is 18.6. The third-order valence-corrected chi connectivity index (χ3v) is 5.07. The van der Waals surface area contributed by atoms with Crippen molar-refractivity contribution in [1.82, 2.24) is 10.6 Å². The lowest BCUT2D eigenvalue weighted by molar-refractivity contribution is 0.117. The molecule has 3 rings (SSSR count). The summed E-state index contributed by atoms with van der Waals surface area (Å²) in [7, 11) is 0. The number of nitrogens with zero attached hydrogens (tertiary/aromatic N) is 2. The van der Waals surface area contributed by atoms with Crippen molar-refractivity contribution >= 4 is 51.6 Å². The topological polar surface area (TPSA) is 48.9 Å². The molecule has 0 spiro atoms. The molecule has 2 aliphatic heterocycles. The molecule has 2 saturated heterocycles. The van der Waals surface area contributed by atoms with E-state index in [1.54, 1.807) is 0 Å². The van der Waals surface area contributed by atoms with Crippen molar-refractivity contribution in [2.24, 2.45) is 4.99 Å². The van der Waals surface area contributed by atoms with Crippen molar-refractivity contribution in [2.45, 2.75) is 38.3 Å². The third-order valence-electron chi connectivity index (χ3n) is 4.54. The monoisotopic (exact) mass is 522 g/mol. The van der Waals surface area contributed by atoms with Gasteiger partial charge in [-0.2, -0.15) is 0 Å². The highest BCUT2D eigenvalue weighted by molar-refractivity contribution is 14.0. The maximum atomic E-state index is 5.66. The van der Waals surface area contributed by atoms with E-state index in [9.17, 15) is 0 Å². The number of hydrogen-bond donors (Lipinski definition) is 2. The second-order valence-corrected chi connectivity index (χ2v) is 7.32. The number of rotatable bonds is 5. The van der Waals surface area contributed by atoms with Crippen LogP contribution in [0.1, 0.15) is 26.2 Å². The van der Waals surface area contributed by atoms with Gasteiger partial charge in [-0.05, 0) is 50.5 Å². The lowest BCUT2D eigenvalue weighted by Gasteiger charge is -2.20. The van der Waals surface area contributed by atoms with Gasteiger partial charge in [0.1, 0.15) is 0 Å². The van der Waals surface area contributed by atoms with E-state index < -0.39 is 0 Å². The predicted octanol–water partition coefficient (Wildman–Crippen LogP) is 3.38. The quantitative estimate of drug-likeness (QED) is 0.353. The molecule has 25 heavy (non-hydrogen) atoms. The fraction of sp³-hybridized carbons (Fsp3) is 0.611. The van der Waals surface area contributed by atoms with Crippen LogP contribution < -0.4 is 15.5 Å². The summed E-state index contributed by atoms with van der Waals surface area (Å²) in [4.78, 5) is 7.14. The molecule has 0 saturated carbocycles. The molecule has 2 heterocycles. The van der Waals surface area contributed by atoms with Gasteiger partial charge in [-0.25, -0.2) is 0 Å². The minimum absolute atomic E-state index is 0. The number of halogens is 2. The van der Waals surface area contributed by atoms with E-state index in [4.69, 9.17) is 9.73 Å². The molecule has 2 fully saturated rings. The Hall–Kier alpha value is -0.540. The van der Waals surface area contributed by atoms with E-state index in [1.807, 2.05) is 0 Å². The number of ether oxygens (including phenoxy) is 1. The second-order valence-electron chi connectivity index (χ2n) is 6.41. The molecule has 0 aromatic heterocycles. The fourth-order valence-corrected chi connectivity index (χ4v) is 3.52. The summed E-state index contributed by atoms with van der Waals surface area (Å²) in [5, 5.41) is 6.94. The van der Waals surface area contributed by atoms with Crippen LogP contribution in [0.3, 0.4) is 0 Å². The SMILES string of the molecule is CCNC(=NCC1CCCO1)NC1CCN(c2ccc(Br)cc2)C1.I. The highest BCUT2D eigenvalue weighted by Crippen LogP contribution is 2.22. The Morgan fingerprint density at radius 3 is 2.80 bits per heavy atom. The summed E-state index contributed by atoms with van der Waals surface area (Å²) in [5.41, 5.74) is 1.28. The zero-order valence-electron chi connectivity index (χ0n) is 14.7. The molecule has 5 nitrogen and oxygen atoms in total. The number of aliphatic imine (C=N–C) groups is 1. The van der Waals surface area contributed by atoms with Gasteiger partial charge < -0.3 is 20.3 Å². The normalized spacial score (nSPS) is 23.4. The largest absolute Gasteiger partial charge is 0.376 e. The Labute approximate surface area is 176 Å². The van der Waals surface area contributed by atoms with Crippen LogP contribution in [-0.4, -0.2) is 50.9 Å². The zero-order chi connectivity index (χ0) is 16.8. The van der Waals surface area contributed by atoms with Crippen LogP contribution in [0.2, 0.25) is 0 Å². The number of anilines is 1. The summed E-state index contributed by atoms with van der Waals surface area (Å²) >= 11 is 3.50. The minimum atomic E-state index is 0. The van der Waals surface area contributed by atoms with Gasteiger partial charge in [-0.3, -0.25) is 4.99 Å². The van der Waals surface area contributed by atoms with E-state index >= 15 is 0 Å².